The molecule has 0 bridgehead atoms. The molecule has 0 saturated heterocycles. The van der Waals surface area contributed by atoms with Gasteiger partial charge in [0.05, 0.1) is 0 Å². The monoisotopic (exact) mass is 583 g/mol. The van der Waals surface area contributed by atoms with Crippen LogP contribution in [0.4, 0.5) is 0 Å². The Hall–Kier alpha value is -5.26. The Morgan fingerprint density at radius 3 is 2.02 bits per heavy atom. The Balaban J connectivity index is 1.34. The molecular formula is C39H25N3OS. The van der Waals surface area contributed by atoms with Crippen LogP contribution in [0.25, 0.3) is 61.7 Å². The smallest absolute Gasteiger partial charge is 0.165 e. The number of rotatable bonds is 4. The van der Waals surface area contributed by atoms with Crippen molar-refractivity contribution in [3.63, 3.8) is 0 Å². The largest absolute Gasteiger partial charge is 0.456 e. The maximum absolute atomic E-state index is 6.39. The Kier molecular flexibility index (Phi) is 5.84. The molecule has 2 aromatic heterocycles. The second kappa shape index (κ2) is 10.2. The second-order valence-corrected chi connectivity index (χ2v) is 12.3. The van der Waals surface area contributed by atoms with Gasteiger partial charge >= 0.3 is 0 Å². The summed E-state index contributed by atoms with van der Waals surface area (Å²) in [6, 6.07) is 41.5. The third-order valence-electron chi connectivity index (χ3n) is 8.50. The minimum Gasteiger partial charge on any atom is -0.456 e. The van der Waals surface area contributed by atoms with Gasteiger partial charge in [-0.2, -0.15) is 0 Å². The summed E-state index contributed by atoms with van der Waals surface area (Å²) in [5, 5.41) is 2.45. The van der Waals surface area contributed by atoms with Crippen molar-refractivity contribution in [2.24, 2.45) is 0 Å². The average Bonchev–Trinajstić information content (AvgIpc) is 3.66. The zero-order valence-electron chi connectivity index (χ0n) is 23.6. The summed E-state index contributed by atoms with van der Waals surface area (Å²) in [5.41, 5.74) is 8.13. The molecule has 4 nitrogen and oxygen atoms in total. The van der Waals surface area contributed by atoms with E-state index >= 15 is 0 Å². The lowest BCUT2D eigenvalue weighted by molar-refractivity contribution is 0.669. The van der Waals surface area contributed by atoms with Crippen molar-refractivity contribution in [1.82, 2.24) is 15.0 Å². The Morgan fingerprint density at radius 2 is 1.25 bits per heavy atom. The van der Waals surface area contributed by atoms with Crippen LogP contribution in [0.1, 0.15) is 17.0 Å². The molecule has 2 aliphatic rings. The van der Waals surface area contributed by atoms with Crippen LogP contribution in [-0.2, 0) is 0 Å². The van der Waals surface area contributed by atoms with Crippen LogP contribution in [0.3, 0.4) is 0 Å². The van der Waals surface area contributed by atoms with E-state index in [2.05, 4.69) is 66.8 Å². The summed E-state index contributed by atoms with van der Waals surface area (Å²) in [4.78, 5) is 16.7. The molecule has 9 rings (SSSR count). The topological polar surface area (TPSA) is 51.8 Å². The number of para-hydroxylation sites is 1. The Bertz CT molecular complexity index is 2210. The normalized spacial score (nSPS) is 17.0. The summed E-state index contributed by atoms with van der Waals surface area (Å²) in [7, 11) is 0. The Morgan fingerprint density at radius 1 is 0.591 bits per heavy atom. The van der Waals surface area contributed by atoms with Crippen LogP contribution in [0, 0.1) is 0 Å². The van der Waals surface area contributed by atoms with Crippen LogP contribution in [0.15, 0.2) is 149 Å². The summed E-state index contributed by atoms with van der Waals surface area (Å²) in [5.74, 6) is 2.21. The number of hydrogen-bond donors (Lipinski definition) is 0. The molecule has 0 radical (unpaired) electrons. The van der Waals surface area contributed by atoms with Gasteiger partial charge in [0.25, 0.3) is 0 Å². The van der Waals surface area contributed by atoms with Gasteiger partial charge in [-0.15, -0.1) is 11.8 Å². The molecule has 2 unspecified atom stereocenters. The van der Waals surface area contributed by atoms with E-state index in [0.717, 1.165) is 49.8 Å². The lowest BCUT2D eigenvalue weighted by Gasteiger charge is -2.21. The molecule has 2 atom stereocenters. The van der Waals surface area contributed by atoms with E-state index in [9.17, 15) is 0 Å². The molecule has 0 amide bonds. The number of thioether (sulfide) groups is 1. The molecular weight excluding hydrogens is 559 g/mol. The first-order valence-corrected chi connectivity index (χ1v) is 15.7. The van der Waals surface area contributed by atoms with Crippen molar-refractivity contribution in [3.8, 4) is 34.2 Å². The van der Waals surface area contributed by atoms with E-state index < -0.39 is 0 Å². The minimum absolute atomic E-state index is 0.305. The van der Waals surface area contributed by atoms with E-state index in [1.54, 1.807) is 0 Å². The fourth-order valence-electron chi connectivity index (χ4n) is 6.44. The lowest BCUT2D eigenvalue weighted by Crippen LogP contribution is -2.09. The molecule has 1 aliphatic heterocycles. The van der Waals surface area contributed by atoms with Gasteiger partial charge in [-0.05, 0) is 41.0 Å². The molecule has 0 saturated carbocycles. The van der Waals surface area contributed by atoms with Gasteiger partial charge in [-0.1, -0.05) is 115 Å². The standard InChI is InChI=1S/C39H25N3OS/c1-3-11-24(12-4-1)37-40-38(25-13-5-2-6-14-25)42-39(41-37)36-27(20-21-32-35(36)29-16-7-9-17-31(29)43-32)26-19-22-34-30(23-26)28-15-8-10-18-33(28)44-34/h1-23,30,34H. The van der Waals surface area contributed by atoms with Gasteiger partial charge in [0.15, 0.2) is 17.5 Å². The first-order valence-electron chi connectivity index (χ1n) is 14.8. The Labute approximate surface area is 258 Å². The van der Waals surface area contributed by atoms with Crippen molar-refractivity contribution in [3.05, 3.63) is 151 Å². The number of benzene rings is 5. The number of hydrogen-bond acceptors (Lipinski definition) is 5. The summed E-state index contributed by atoms with van der Waals surface area (Å²) in [6.45, 7) is 0. The van der Waals surface area contributed by atoms with E-state index in [-0.39, 0.29) is 0 Å². The van der Waals surface area contributed by atoms with Crippen LogP contribution >= 0.6 is 11.8 Å². The molecule has 5 heteroatoms. The summed E-state index contributed by atoms with van der Waals surface area (Å²) in [6.07, 6.45) is 7.04. The molecule has 5 aromatic carbocycles. The van der Waals surface area contributed by atoms with Gasteiger partial charge in [0.1, 0.15) is 11.2 Å². The van der Waals surface area contributed by atoms with Crippen LogP contribution in [-0.4, -0.2) is 20.2 Å². The molecule has 7 aromatic rings. The highest BCUT2D eigenvalue weighted by Crippen LogP contribution is 2.51. The van der Waals surface area contributed by atoms with Crippen molar-refractivity contribution in [2.45, 2.75) is 16.1 Å². The van der Waals surface area contributed by atoms with Gasteiger partial charge < -0.3 is 4.42 Å². The molecule has 0 spiro atoms. The molecule has 1 aliphatic carbocycles. The van der Waals surface area contributed by atoms with Crippen molar-refractivity contribution < 1.29 is 4.42 Å². The molecule has 3 heterocycles. The minimum atomic E-state index is 0.305. The predicted molar refractivity (Wildman–Crippen MR) is 179 cm³/mol. The highest BCUT2D eigenvalue weighted by Gasteiger charge is 2.33. The summed E-state index contributed by atoms with van der Waals surface area (Å²) < 4.78 is 6.39. The van der Waals surface area contributed by atoms with Gasteiger partial charge in [-0.3, -0.25) is 0 Å². The van der Waals surface area contributed by atoms with Crippen LogP contribution in [0.2, 0.25) is 0 Å². The highest BCUT2D eigenvalue weighted by molar-refractivity contribution is 8.00. The van der Waals surface area contributed by atoms with Gasteiger partial charge in [-0.25, -0.2) is 15.0 Å². The molecule has 208 valence electrons. The SMILES string of the molecule is C1=CC2Sc3ccccc3C2C=C1c1ccc2oc3ccccc3c2c1-c1nc(-c2ccccc2)nc(-c2ccccc2)n1. The van der Waals surface area contributed by atoms with E-state index in [1.165, 1.54) is 10.5 Å². The number of allylic oxidation sites excluding steroid dienone is 3. The first kappa shape index (κ1) is 25.3. The number of aromatic nitrogens is 3. The zero-order chi connectivity index (χ0) is 29.0. The number of furan rings is 1. The maximum atomic E-state index is 6.39. The average molecular weight is 584 g/mol. The van der Waals surface area contributed by atoms with Gasteiger partial charge in [0, 0.05) is 43.5 Å². The van der Waals surface area contributed by atoms with E-state index in [4.69, 9.17) is 19.4 Å². The second-order valence-electron chi connectivity index (χ2n) is 11.1. The summed E-state index contributed by atoms with van der Waals surface area (Å²) >= 11 is 1.94. The lowest BCUT2D eigenvalue weighted by atomic mass is 9.85. The fraction of sp³-hybridized carbons (Fsp3) is 0.0513. The van der Waals surface area contributed by atoms with Crippen molar-refractivity contribution in [2.75, 3.05) is 0 Å². The molecule has 44 heavy (non-hydrogen) atoms. The number of fused-ring (bicyclic) bond motifs is 6. The van der Waals surface area contributed by atoms with E-state index in [1.807, 2.05) is 84.6 Å². The predicted octanol–water partition coefficient (Wildman–Crippen LogP) is 9.98. The quantitative estimate of drug-likeness (QED) is 0.206. The number of nitrogens with zero attached hydrogens (tertiary/aromatic N) is 3. The molecule has 0 fully saturated rings. The van der Waals surface area contributed by atoms with Gasteiger partial charge in [0.2, 0.25) is 0 Å². The zero-order valence-corrected chi connectivity index (χ0v) is 24.4. The third-order valence-corrected chi connectivity index (χ3v) is 9.85. The fourth-order valence-corrected chi connectivity index (χ4v) is 7.76. The van der Waals surface area contributed by atoms with Crippen LogP contribution < -0.4 is 0 Å². The van der Waals surface area contributed by atoms with E-state index in [0.29, 0.717) is 28.6 Å². The maximum Gasteiger partial charge on any atom is 0.165 e. The van der Waals surface area contributed by atoms with Crippen LogP contribution in [0.5, 0.6) is 0 Å². The first-order chi connectivity index (χ1) is 21.8. The molecule has 0 N–H and O–H groups in total. The van der Waals surface area contributed by atoms with Crippen molar-refractivity contribution >= 4 is 39.3 Å². The van der Waals surface area contributed by atoms with Crippen molar-refractivity contribution in [1.29, 1.82) is 0 Å². The highest BCUT2D eigenvalue weighted by atomic mass is 32.2. The third kappa shape index (κ3) is 4.12.